The van der Waals surface area contributed by atoms with E-state index >= 15 is 0 Å². The summed E-state index contributed by atoms with van der Waals surface area (Å²) in [6, 6.07) is 7.33. The number of fused-ring (bicyclic) bond motifs is 2. The number of carbonyl (C=O) groups excluding carboxylic acids is 2. The molecule has 4 fully saturated rings. The summed E-state index contributed by atoms with van der Waals surface area (Å²) in [5.41, 5.74) is 2.24. The van der Waals surface area contributed by atoms with Gasteiger partial charge in [-0.2, -0.15) is 5.10 Å². The van der Waals surface area contributed by atoms with Crippen LogP contribution in [0.4, 0.5) is 16.3 Å². The monoisotopic (exact) mass is 437 g/mol. The number of piperidine rings is 1. The van der Waals surface area contributed by atoms with Gasteiger partial charge in [-0.05, 0) is 56.5 Å². The minimum Gasteiger partial charge on any atom is -0.366 e. The Morgan fingerprint density at radius 2 is 2.06 bits per heavy atom. The summed E-state index contributed by atoms with van der Waals surface area (Å²) in [5.74, 6) is 1.18. The van der Waals surface area contributed by atoms with Gasteiger partial charge in [0.15, 0.2) is 5.82 Å². The van der Waals surface area contributed by atoms with Crippen LogP contribution in [-0.2, 0) is 11.8 Å². The molecule has 0 spiro atoms. The first kappa shape index (κ1) is 20.0. The zero-order chi connectivity index (χ0) is 21.8. The second-order valence-electron chi connectivity index (χ2n) is 9.67. The molecule has 3 atom stereocenters. The van der Waals surface area contributed by atoms with E-state index in [4.69, 9.17) is 0 Å². The number of carbonyl (C=O) groups is 2. The molecule has 4 heterocycles. The number of nitrogens with one attached hydrogen (secondary N) is 2. The summed E-state index contributed by atoms with van der Waals surface area (Å²) < 4.78 is 1.84. The summed E-state index contributed by atoms with van der Waals surface area (Å²) in [4.78, 5) is 30.7. The lowest BCUT2D eigenvalue weighted by atomic mass is 9.99. The van der Waals surface area contributed by atoms with Crippen molar-refractivity contribution in [3.05, 3.63) is 18.2 Å². The molecule has 0 radical (unpaired) electrons. The normalized spacial score (nSPS) is 28.7. The Morgan fingerprint density at radius 3 is 2.88 bits per heavy atom. The van der Waals surface area contributed by atoms with Crippen molar-refractivity contribution in [2.75, 3.05) is 49.1 Å². The van der Waals surface area contributed by atoms with Crippen LogP contribution in [0.5, 0.6) is 0 Å². The van der Waals surface area contributed by atoms with E-state index in [1.165, 1.54) is 44.6 Å². The average Bonchev–Trinajstić information content (AvgIpc) is 3.54. The number of aryl methyl sites for hydroxylation is 1. The van der Waals surface area contributed by atoms with Gasteiger partial charge in [0.05, 0.1) is 5.52 Å². The average molecular weight is 438 g/mol. The van der Waals surface area contributed by atoms with Gasteiger partial charge in [-0.25, -0.2) is 4.79 Å². The summed E-state index contributed by atoms with van der Waals surface area (Å²) in [7, 11) is 1.92. The van der Waals surface area contributed by atoms with E-state index in [0.29, 0.717) is 30.9 Å². The van der Waals surface area contributed by atoms with Crippen LogP contribution in [0.15, 0.2) is 18.2 Å². The van der Waals surface area contributed by atoms with E-state index in [1.807, 2.05) is 11.7 Å². The Kier molecular flexibility index (Phi) is 4.83. The molecule has 1 aromatic heterocycles. The molecular formula is C23H31N7O2. The fourth-order valence-corrected chi connectivity index (χ4v) is 5.79. The van der Waals surface area contributed by atoms with Gasteiger partial charge in [0, 0.05) is 62.8 Å². The van der Waals surface area contributed by atoms with Crippen LogP contribution in [0, 0.1) is 5.92 Å². The van der Waals surface area contributed by atoms with Gasteiger partial charge in [0.25, 0.3) is 0 Å². The fraction of sp³-hybridized carbons (Fsp3) is 0.609. The Labute approximate surface area is 187 Å². The highest BCUT2D eigenvalue weighted by Gasteiger charge is 2.49. The van der Waals surface area contributed by atoms with Gasteiger partial charge in [0.2, 0.25) is 5.91 Å². The van der Waals surface area contributed by atoms with Gasteiger partial charge in [0.1, 0.15) is 0 Å². The first-order valence-corrected chi connectivity index (χ1v) is 11.9. The van der Waals surface area contributed by atoms with Crippen LogP contribution in [0.2, 0.25) is 0 Å². The molecule has 2 aromatic rings. The third kappa shape index (κ3) is 3.44. The zero-order valence-electron chi connectivity index (χ0n) is 18.6. The highest BCUT2D eigenvalue weighted by atomic mass is 16.2. The van der Waals surface area contributed by atoms with Gasteiger partial charge < -0.3 is 10.2 Å². The van der Waals surface area contributed by atoms with Crippen molar-refractivity contribution < 1.29 is 9.59 Å². The minimum absolute atomic E-state index is 0.230. The van der Waals surface area contributed by atoms with Crippen LogP contribution < -0.4 is 20.4 Å². The number of imide groups is 1. The molecule has 0 bridgehead atoms. The van der Waals surface area contributed by atoms with Crippen LogP contribution in [0.3, 0.4) is 0 Å². The number of anilines is 2. The molecule has 6 rings (SSSR count). The lowest BCUT2D eigenvalue weighted by Crippen LogP contribution is -2.49. The summed E-state index contributed by atoms with van der Waals surface area (Å²) in [6.45, 7) is 6.10. The molecule has 1 saturated carbocycles. The van der Waals surface area contributed by atoms with Gasteiger partial charge in [-0.1, -0.05) is 0 Å². The van der Waals surface area contributed by atoms with E-state index in [2.05, 4.69) is 43.7 Å². The maximum atomic E-state index is 12.3. The van der Waals surface area contributed by atoms with Crippen molar-refractivity contribution in [2.45, 2.75) is 37.8 Å². The maximum absolute atomic E-state index is 12.3. The maximum Gasteiger partial charge on any atom is 0.329 e. The standard InChI is InChI=1S/C23H31N7O2/c1-27-18-11-16(4-5-17(18)22(26-27)30-8-6-21(31)25-23(30)32)29-10-9-28(19-12-20(19)29)14-15-3-2-7-24-13-15/h4-5,11,15,19-20,24H,2-3,6-10,12-14H2,1H3,(H,25,31,32). The zero-order valence-corrected chi connectivity index (χ0v) is 18.6. The summed E-state index contributed by atoms with van der Waals surface area (Å²) in [5, 5.41) is 11.5. The molecule has 1 aromatic carbocycles. The topological polar surface area (TPSA) is 85.7 Å². The minimum atomic E-state index is -0.393. The Morgan fingerprint density at radius 1 is 1.16 bits per heavy atom. The third-order valence-corrected chi connectivity index (χ3v) is 7.57. The molecule has 3 aliphatic heterocycles. The SMILES string of the molecule is Cn1nc(N2CCC(=O)NC2=O)c2ccc(N3CCN(CC4CCCNC4)C4CC43)cc21. The smallest absolute Gasteiger partial charge is 0.329 e. The van der Waals surface area contributed by atoms with Gasteiger partial charge in [-0.15, -0.1) is 0 Å². The van der Waals surface area contributed by atoms with Crippen molar-refractivity contribution in [3.63, 3.8) is 0 Å². The lowest BCUT2D eigenvalue weighted by molar-refractivity contribution is -0.120. The first-order chi connectivity index (χ1) is 15.6. The van der Waals surface area contributed by atoms with Crippen molar-refractivity contribution in [3.8, 4) is 0 Å². The third-order valence-electron chi connectivity index (χ3n) is 7.57. The molecule has 1 aliphatic carbocycles. The molecule has 170 valence electrons. The largest absolute Gasteiger partial charge is 0.366 e. The predicted molar refractivity (Wildman–Crippen MR) is 123 cm³/mol. The Bertz CT molecular complexity index is 1060. The highest BCUT2D eigenvalue weighted by Crippen LogP contribution is 2.41. The molecule has 4 aliphatic rings. The molecule has 2 N–H and O–H groups in total. The number of rotatable bonds is 4. The quantitative estimate of drug-likeness (QED) is 0.750. The van der Waals surface area contributed by atoms with E-state index in [-0.39, 0.29) is 5.91 Å². The van der Waals surface area contributed by atoms with Crippen LogP contribution >= 0.6 is 0 Å². The van der Waals surface area contributed by atoms with Crippen LogP contribution in [-0.4, -0.2) is 78.0 Å². The van der Waals surface area contributed by atoms with E-state index in [9.17, 15) is 9.59 Å². The second kappa shape index (κ2) is 7.74. The fourth-order valence-electron chi connectivity index (χ4n) is 5.79. The molecule has 3 saturated heterocycles. The Balaban J connectivity index is 1.19. The number of urea groups is 1. The molecule has 9 nitrogen and oxygen atoms in total. The number of nitrogens with zero attached hydrogens (tertiary/aromatic N) is 5. The molecular weight excluding hydrogens is 406 g/mol. The number of amides is 3. The van der Waals surface area contributed by atoms with Crippen molar-refractivity contribution in [1.82, 2.24) is 25.3 Å². The lowest BCUT2D eigenvalue weighted by Gasteiger charge is -2.38. The van der Waals surface area contributed by atoms with Crippen molar-refractivity contribution in [2.24, 2.45) is 13.0 Å². The van der Waals surface area contributed by atoms with Gasteiger partial charge >= 0.3 is 6.03 Å². The number of hydrogen-bond donors (Lipinski definition) is 2. The van der Waals surface area contributed by atoms with Crippen LogP contribution in [0.25, 0.3) is 10.9 Å². The molecule has 32 heavy (non-hydrogen) atoms. The van der Waals surface area contributed by atoms with Crippen molar-refractivity contribution in [1.29, 1.82) is 0 Å². The van der Waals surface area contributed by atoms with Crippen molar-refractivity contribution >= 4 is 34.3 Å². The first-order valence-electron chi connectivity index (χ1n) is 11.9. The van der Waals surface area contributed by atoms with E-state index in [0.717, 1.165) is 29.9 Å². The number of hydrogen-bond acceptors (Lipinski definition) is 6. The van der Waals surface area contributed by atoms with E-state index < -0.39 is 6.03 Å². The number of aromatic nitrogens is 2. The number of benzene rings is 1. The van der Waals surface area contributed by atoms with E-state index in [1.54, 1.807) is 4.90 Å². The highest BCUT2D eigenvalue weighted by molar-refractivity contribution is 6.09. The Hall–Kier alpha value is -2.65. The predicted octanol–water partition coefficient (Wildman–Crippen LogP) is 1.28. The molecule has 3 unspecified atom stereocenters. The summed E-state index contributed by atoms with van der Waals surface area (Å²) in [6.07, 6.45) is 4.21. The van der Waals surface area contributed by atoms with Gasteiger partial charge in [-0.3, -0.25) is 24.6 Å². The van der Waals surface area contributed by atoms with Crippen LogP contribution in [0.1, 0.15) is 25.7 Å². The summed E-state index contributed by atoms with van der Waals surface area (Å²) >= 11 is 0. The molecule has 3 amide bonds. The molecule has 9 heteroatoms. The second-order valence-corrected chi connectivity index (χ2v) is 9.67. The number of piperazine rings is 1.